The Morgan fingerprint density at radius 1 is 1.23 bits per heavy atom. The quantitative estimate of drug-likeness (QED) is 0.265. The number of nitrogens with zero attached hydrogens (tertiary/aromatic N) is 7. The van der Waals surface area contributed by atoms with Gasteiger partial charge in [0.05, 0.1) is 30.2 Å². The number of nitrogens with one attached hydrogen (secondary N) is 2. The van der Waals surface area contributed by atoms with Gasteiger partial charge in [-0.15, -0.1) is 0 Å². The summed E-state index contributed by atoms with van der Waals surface area (Å²) in [5.74, 6) is 0.264. The van der Waals surface area contributed by atoms with Gasteiger partial charge in [-0.1, -0.05) is 6.07 Å². The summed E-state index contributed by atoms with van der Waals surface area (Å²) in [7, 11) is 0. The zero-order valence-corrected chi connectivity index (χ0v) is 22.7. The van der Waals surface area contributed by atoms with E-state index in [0.29, 0.717) is 18.5 Å². The van der Waals surface area contributed by atoms with E-state index >= 15 is 0 Å². The highest BCUT2D eigenvalue weighted by Gasteiger charge is 2.20. The van der Waals surface area contributed by atoms with Crippen LogP contribution in [0.1, 0.15) is 53.9 Å². The maximum Gasteiger partial charge on any atom is 0.326 e. The Morgan fingerprint density at radius 2 is 2.05 bits per heavy atom. The minimum absolute atomic E-state index is 0.197. The maximum absolute atomic E-state index is 12.0. The molecule has 206 valence electrons. The molecule has 1 aliphatic heterocycles. The zero-order chi connectivity index (χ0) is 27.6. The third-order valence-electron chi connectivity index (χ3n) is 6.96. The molecule has 0 amide bonds. The molecule has 1 aliphatic rings. The van der Waals surface area contributed by atoms with Crippen LogP contribution >= 0.6 is 0 Å². The van der Waals surface area contributed by atoms with Crippen LogP contribution in [0.2, 0.25) is 0 Å². The number of pyridine rings is 1. The second-order valence-corrected chi connectivity index (χ2v) is 10.0. The van der Waals surface area contributed by atoms with E-state index in [1.165, 1.54) is 18.0 Å². The highest BCUT2D eigenvalue weighted by Crippen LogP contribution is 2.20. The first-order chi connectivity index (χ1) is 18.9. The summed E-state index contributed by atoms with van der Waals surface area (Å²) in [6.45, 7) is 7.97. The van der Waals surface area contributed by atoms with E-state index in [0.717, 1.165) is 81.2 Å². The number of aromatic nitrogens is 5. The van der Waals surface area contributed by atoms with E-state index < -0.39 is 12.0 Å². The van der Waals surface area contributed by atoms with Crippen LogP contribution in [-0.4, -0.2) is 72.9 Å². The fourth-order valence-corrected chi connectivity index (χ4v) is 4.81. The number of fused-ring (bicyclic) bond motifs is 1. The molecule has 0 saturated heterocycles. The lowest BCUT2D eigenvalue weighted by molar-refractivity contribution is -0.138. The van der Waals surface area contributed by atoms with Gasteiger partial charge in [0.1, 0.15) is 17.9 Å². The third kappa shape index (κ3) is 8.22. The third-order valence-corrected chi connectivity index (χ3v) is 6.96. The Kier molecular flexibility index (Phi) is 9.80. The van der Waals surface area contributed by atoms with Crippen LogP contribution in [0.15, 0.2) is 30.6 Å². The predicted molar refractivity (Wildman–Crippen MR) is 149 cm³/mol. The van der Waals surface area contributed by atoms with Crippen LogP contribution in [0.25, 0.3) is 0 Å². The van der Waals surface area contributed by atoms with Gasteiger partial charge in [0.25, 0.3) is 0 Å². The van der Waals surface area contributed by atoms with Crippen LogP contribution in [0, 0.1) is 25.2 Å². The van der Waals surface area contributed by atoms with Gasteiger partial charge in [0.2, 0.25) is 5.95 Å². The van der Waals surface area contributed by atoms with Crippen molar-refractivity contribution in [3.63, 3.8) is 0 Å². The van der Waals surface area contributed by atoms with Crippen molar-refractivity contribution in [2.24, 2.45) is 0 Å². The number of rotatable bonds is 14. The predicted octanol–water partition coefficient (Wildman–Crippen LogP) is 3.20. The molecule has 1 atom stereocenters. The summed E-state index contributed by atoms with van der Waals surface area (Å²) in [6, 6.07) is 7.51. The van der Waals surface area contributed by atoms with Crippen LogP contribution in [0.3, 0.4) is 0 Å². The molecule has 3 aromatic heterocycles. The molecule has 39 heavy (non-hydrogen) atoms. The van der Waals surface area contributed by atoms with Crippen molar-refractivity contribution in [3.05, 3.63) is 58.8 Å². The number of aryl methyl sites for hydroxylation is 4. The first-order valence-corrected chi connectivity index (χ1v) is 13.6. The van der Waals surface area contributed by atoms with Crippen LogP contribution < -0.4 is 10.6 Å². The maximum atomic E-state index is 12.0. The molecule has 0 fully saturated rings. The average Bonchev–Trinajstić information content (AvgIpc) is 3.27. The fraction of sp³-hybridized carbons (Fsp3) is 0.500. The molecule has 11 nitrogen and oxygen atoms in total. The topological polar surface area (TPSA) is 145 Å². The molecular weight excluding hydrogens is 494 g/mol. The van der Waals surface area contributed by atoms with Crippen molar-refractivity contribution in [3.8, 4) is 6.07 Å². The van der Waals surface area contributed by atoms with Gasteiger partial charge in [-0.25, -0.2) is 19.7 Å². The number of carbonyl (C=O) groups is 1. The van der Waals surface area contributed by atoms with Crippen LogP contribution in [0.4, 0.5) is 11.8 Å². The number of hydrogen-bond acceptors (Lipinski definition) is 9. The number of hydrogen-bond donors (Lipinski definition) is 3. The number of aliphatic carboxylic acids is 1. The molecule has 0 saturated carbocycles. The van der Waals surface area contributed by atoms with Gasteiger partial charge in [-0.2, -0.15) is 10.4 Å². The Bertz CT molecular complexity index is 1280. The smallest absolute Gasteiger partial charge is 0.326 e. The number of anilines is 2. The monoisotopic (exact) mass is 531 g/mol. The Morgan fingerprint density at radius 3 is 2.77 bits per heavy atom. The van der Waals surface area contributed by atoms with E-state index in [4.69, 9.17) is 10.2 Å². The minimum atomic E-state index is -0.964. The Balaban J connectivity index is 1.33. The summed E-state index contributed by atoms with van der Waals surface area (Å²) < 4.78 is 2.00. The van der Waals surface area contributed by atoms with Crippen molar-refractivity contribution >= 4 is 17.7 Å². The molecule has 4 rings (SSSR count). The second kappa shape index (κ2) is 13.7. The normalized spacial score (nSPS) is 13.4. The highest BCUT2D eigenvalue weighted by molar-refractivity contribution is 5.76. The molecule has 0 spiro atoms. The zero-order valence-electron chi connectivity index (χ0n) is 22.7. The van der Waals surface area contributed by atoms with Crippen molar-refractivity contribution in [2.45, 2.75) is 65.0 Å². The Labute approximate surface area is 229 Å². The molecule has 11 heteroatoms. The molecule has 0 bridgehead atoms. The largest absolute Gasteiger partial charge is 0.480 e. The lowest BCUT2D eigenvalue weighted by Crippen LogP contribution is -2.37. The standard InChI is InChI=1S/C28H37N9O2/c1-20-16-21(2)37(35-20)15-14-36(12-4-3-7-24-9-8-23-6-5-11-30-26(23)33-24)13-10-25(27(38)39)34-28-31-18-22(17-29)19-32-28/h8-9,16,18-19,25H,3-7,10-15H2,1-2H3,(H,30,33)(H,38,39)(H,31,32,34). The first-order valence-electron chi connectivity index (χ1n) is 13.6. The van der Waals surface area contributed by atoms with Gasteiger partial charge in [-0.05, 0) is 76.6 Å². The van der Waals surface area contributed by atoms with Crippen molar-refractivity contribution in [2.75, 3.05) is 36.8 Å². The lowest BCUT2D eigenvalue weighted by atomic mass is 10.1. The molecule has 3 aromatic rings. The van der Waals surface area contributed by atoms with Gasteiger partial charge >= 0.3 is 5.97 Å². The molecule has 3 N–H and O–H groups in total. The van der Waals surface area contributed by atoms with E-state index in [9.17, 15) is 9.90 Å². The van der Waals surface area contributed by atoms with E-state index in [2.05, 4.69) is 48.8 Å². The van der Waals surface area contributed by atoms with Crippen molar-refractivity contribution in [1.29, 1.82) is 5.26 Å². The molecule has 4 heterocycles. The molecule has 0 radical (unpaired) electrons. The fourth-order valence-electron chi connectivity index (χ4n) is 4.81. The summed E-state index contributed by atoms with van der Waals surface area (Å²) in [5.41, 5.74) is 4.83. The van der Waals surface area contributed by atoms with Gasteiger partial charge in [0, 0.05) is 31.0 Å². The summed E-state index contributed by atoms with van der Waals surface area (Å²) in [4.78, 5) is 27.2. The van der Waals surface area contributed by atoms with Crippen LogP contribution in [-0.2, 0) is 24.2 Å². The minimum Gasteiger partial charge on any atom is -0.480 e. The lowest BCUT2D eigenvalue weighted by Gasteiger charge is -2.24. The number of nitriles is 1. The molecule has 0 aromatic carbocycles. The SMILES string of the molecule is Cc1cc(C)n(CCN(CCCCc2ccc3c(n2)NCCC3)CCC(Nc2ncc(C#N)cn2)C(=O)O)n1. The number of unbranched alkanes of at least 4 members (excludes halogenated alkanes) is 1. The molecule has 0 aliphatic carbocycles. The summed E-state index contributed by atoms with van der Waals surface area (Å²) >= 11 is 0. The first kappa shape index (κ1) is 28.0. The summed E-state index contributed by atoms with van der Waals surface area (Å²) in [5, 5.41) is 29.6. The van der Waals surface area contributed by atoms with Crippen LogP contribution in [0.5, 0.6) is 0 Å². The average molecular weight is 532 g/mol. The number of carboxylic acid groups (broad SMARTS) is 1. The van der Waals surface area contributed by atoms with Crippen molar-refractivity contribution in [1.82, 2.24) is 29.6 Å². The molecule has 1 unspecified atom stereocenters. The molecular formula is C28H37N9O2. The van der Waals surface area contributed by atoms with Crippen molar-refractivity contribution < 1.29 is 9.90 Å². The second-order valence-electron chi connectivity index (χ2n) is 10.0. The van der Waals surface area contributed by atoms with Gasteiger partial charge in [-0.3, -0.25) is 4.68 Å². The van der Waals surface area contributed by atoms with Gasteiger partial charge in [0.15, 0.2) is 0 Å². The van der Waals surface area contributed by atoms with E-state index in [1.807, 2.05) is 24.6 Å². The highest BCUT2D eigenvalue weighted by atomic mass is 16.4. The number of carboxylic acids is 1. The van der Waals surface area contributed by atoms with E-state index in [-0.39, 0.29) is 5.95 Å². The van der Waals surface area contributed by atoms with E-state index in [1.54, 1.807) is 0 Å². The Hall–Kier alpha value is -4.04. The summed E-state index contributed by atoms with van der Waals surface area (Å²) in [6.07, 6.45) is 8.27. The van der Waals surface area contributed by atoms with Gasteiger partial charge < -0.3 is 20.6 Å².